The van der Waals surface area contributed by atoms with Gasteiger partial charge in [-0.25, -0.2) is 0 Å². The van der Waals surface area contributed by atoms with Crippen molar-refractivity contribution in [2.24, 2.45) is 5.73 Å². The molecule has 1 aromatic rings. The van der Waals surface area contributed by atoms with Crippen LogP contribution in [-0.2, 0) is 6.42 Å². The minimum atomic E-state index is 0.0968. The number of likely N-dealkylation sites (tertiary alicyclic amines) is 1. The smallest absolute Gasteiger partial charge is 0.119 e. The van der Waals surface area contributed by atoms with Crippen LogP contribution in [0.3, 0.4) is 0 Å². The highest BCUT2D eigenvalue weighted by Crippen LogP contribution is 2.29. The van der Waals surface area contributed by atoms with Crippen LogP contribution in [0.2, 0.25) is 0 Å². The lowest BCUT2D eigenvalue weighted by atomic mass is 9.84. The third-order valence-corrected chi connectivity index (χ3v) is 4.93. The molecule has 0 aromatic heterocycles. The molecule has 1 saturated heterocycles. The predicted molar refractivity (Wildman–Crippen MR) is 84.2 cm³/mol. The van der Waals surface area contributed by atoms with Gasteiger partial charge in [0.15, 0.2) is 0 Å². The normalized spacial score (nSPS) is 20.6. The summed E-state index contributed by atoms with van der Waals surface area (Å²) in [4.78, 5) is 2.58. The number of nitrogens with zero attached hydrogens (tertiary/aromatic N) is 1. The first kappa shape index (κ1) is 15.3. The van der Waals surface area contributed by atoms with Crippen molar-refractivity contribution >= 4 is 0 Å². The Labute approximate surface area is 123 Å². The molecule has 2 N–H and O–H groups in total. The van der Waals surface area contributed by atoms with Gasteiger partial charge >= 0.3 is 0 Å². The van der Waals surface area contributed by atoms with Crippen LogP contribution < -0.4 is 10.5 Å². The molecular weight excluding hydrogens is 248 g/mol. The maximum Gasteiger partial charge on any atom is 0.119 e. The summed E-state index contributed by atoms with van der Waals surface area (Å²) >= 11 is 0. The van der Waals surface area contributed by atoms with Gasteiger partial charge in [-0.15, -0.1) is 0 Å². The standard InChI is InChI=1S/C17H28N2O/c1-4-17(2,19-10-5-6-11-19)16(18)13-14-8-7-9-15(12-14)20-3/h7-9,12,16H,4-6,10-11,13,18H2,1-3H3. The molecule has 3 heteroatoms. The van der Waals surface area contributed by atoms with Crippen LogP contribution in [0.1, 0.15) is 38.7 Å². The zero-order valence-electron chi connectivity index (χ0n) is 13.1. The van der Waals surface area contributed by atoms with E-state index in [0.29, 0.717) is 0 Å². The van der Waals surface area contributed by atoms with Crippen molar-refractivity contribution < 1.29 is 4.74 Å². The fourth-order valence-electron chi connectivity index (χ4n) is 3.22. The van der Waals surface area contributed by atoms with Crippen molar-refractivity contribution in [1.29, 1.82) is 0 Å². The first-order valence-corrected chi connectivity index (χ1v) is 7.73. The summed E-state index contributed by atoms with van der Waals surface area (Å²) in [6.45, 7) is 6.96. The van der Waals surface area contributed by atoms with Crippen LogP contribution >= 0.6 is 0 Å². The molecule has 0 spiro atoms. The largest absolute Gasteiger partial charge is 0.497 e. The lowest BCUT2D eigenvalue weighted by molar-refractivity contribution is 0.0998. The van der Waals surface area contributed by atoms with Crippen molar-refractivity contribution in [3.63, 3.8) is 0 Å². The molecule has 2 unspecified atom stereocenters. The monoisotopic (exact) mass is 276 g/mol. The fraction of sp³-hybridized carbons (Fsp3) is 0.647. The van der Waals surface area contributed by atoms with Gasteiger partial charge in [0.2, 0.25) is 0 Å². The van der Waals surface area contributed by atoms with E-state index < -0.39 is 0 Å². The Balaban J connectivity index is 2.09. The summed E-state index contributed by atoms with van der Waals surface area (Å²) in [6, 6.07) is 8.41. The highest BCUT2D eigenvalue weighted by atomic mass is 16.5. The van der Waals surface area contributed by atoms with Gasteiger partial charge < -0.3 is 10.5 Å². The van der Waals surface area contributed by atoms with Gasteiger partial charge in [0.25, 0.3) is 0 Å². The van der Waals surface area contributed by atoms with E-state index in [9.17, 15) is 0 Å². The molecule has 0 aliphatic carbocycles. The second-order valence-corrected chi connectivity index (χ2v) is 6.07. The Morgan fingerprint density at radius 2 is 2.05 bits per heavy atom. The minimum absolute atomic E-state index is 0.0968. The molecule has 0 bridgehead atoms. The van der Waals surface area contributed by atoms with E-state index in [1.165, 1.54) is 31.5 Å². The van der Waals surface area contributed by atoms with Gasteiger partial charge in [-0.3, -0.25) is 4.90 Å². The third-order valence-electron chi connectivity index (χ3n) is 4.93. The molecule has 2 atom stereocenters. The molecule has 1 aliphatic rings. The first-order chi connectivity index (χ1) is 9.60. The van der Waals surface area contributed by atoms with E-state index in [-0.39, 0.29) is 11.6 Å². The second kappa shape index (κ2) is 6.59. The Morgan fingerprint density at radius 1 is 1.35 bits per heavy atom. The minimum Gasteiger partial charge on any atom is -0.497 e. The maximum atomic E-state index is 6.58. The van der Waals surface area contributed by atoms with Gasteiger partial charge in [0, 0.05) is 11.6 Å². The molecule has 2 rings (SSSR count). The summed E-state index contributed by atoms with van der Waals surface area (Å²) in [5, 5.41) is 0. The highest BCUT2D eigenvalue weighted by molar-refractivity contribution is 5.29. The summed E-state index contributed by atoms with van der Waals surface area (Å²) < 4.78 is 5.30. The van der Waals surface area contributed by atoms with Crippen molar-refractivity contribution in [2.45, 2.75) is 51.1 Å². The first-order valence-electron chi connectivity index (χ1n) is 7.73. The average Bonchev–Trinajstić information content (AvgIpc) is 3.01. The van der Waals surface area contributed by atoms with Gasteiger partial charge in [0.05, 0.1) is 7.11 Å². The zero-order chi connectivity index (χ0) is 14.6. The van der Waals surface area contributed by atoms with Gasteiger partial charge in [-0.1, -0.05) is 19.1 Å². The molecule has 0 amide bonds. The predicted octanol–water partition coefficient (Wildman–Crippen LogP) is 2.83. The van der Waals surface area contributed by atoms with Crippen LogP contribution in [0.5, 0.6) is 5.75 Å². The molecule has 1 heterocycles. The fourth-order valence-corrected chi connectivity index (χ4v) is 3.22. The SMILES string of the molecule is CCC(C)(C(N)Cc1cccc(OC)c1)N1CCCC1. The van der Waals surface area contributed by atoms with E-state index in [1.807, 2.05) is 12.1 Å². The van der Waals surface area contributed by atoms with Gasteiger partial charge in [-0.2, -0.15) is 0 Å². The average molecular weight is 276 g/mol. The van der Waals surface area contributed by atoms with E-state index in [4.69, 9.17) is 10.5 Å². The summed E-state index contributed by atoms with van der Waals surface area (Å²) in [7, 11) is 1.71. The lowest BCUT2D eigenvalue weighted by Gasteiger charge is -2.43. The molecule has 1 aliphatic heterocycles. The number of ether oxygens (including phenoxy) is 1. The Morgan fingerprint density at radius 3 is 2.65 bits per heavy atom. The molecule has 20 heavy (non-hydrogen) atoms. The van der Waals surface area contributed by atoms with Crippen LogP contribution in [0.15, 0.2) is 24.3 Å². The quantitative estimate of drug-likeness (QED) is 0.868. The van der Waals surface area contributed by atoms with Crippen molar-refractivity contribution in [2.75, 3.05) is 20.2 Å². The number of methoxy groups -OCH3 is 1. The van der Waals surface area contributed by atoms with Crippen molar-refractivity contribution in [3.8, 4) is 5.75 Å². The van der Waals surface area contributed by atoms with Crippen molar-refractivity contribution in [1.82, 2.24) is 4.90 Å². The van der Waals surface area contributed by atoms with Crippen LogP contribution in [0, 0.1) is 0 Å². The highest BCUT2D eigenvalue weighted by Gasteiger charge is 2.37. The summed E-state index contributed by atoms with van der Waals surface area (Å²) in [5.74, 6) is 0.911. The number of rotatable bonds is 6. The lowest BCUT2D eigenvalue weighted by Crippen LogP contribution is -2.57. The van der Waals surface area contributed by atoms with E-state index in [2.05, 4.69) is 30.9 Å². The Hall–Kier alpha value is -1.06. The second-order valence-electron chi connectivity index (χ2n) is 6.07. The molecule has 0 radical (unpaired) electrons. The van der Waals surface area contributed by atoms with Gasteiger partial charge in [-0.05, 0) is 63.4 Å². The molecule has 112 valence electrons. The zero-order valence-corrected chi connectivity index (χ0v) is 13.1. The summed E-state index contributed by atoms with van der Waals surface area (Å²) in [5.41, 5.74) is 7.94. The van der Waals surface area contributed by atoms with Crippen LogP contribution in [0.4, 0.5) is 0 Å². The number of hydrogen-bond acceptors (Lipinski definition) is 3. The third kappa shape index (κ3) is 3.15. The molecule has 1 fully saturated rings. The van der Waals surface area contributed by atoms with Crippen LogP contribution in [0.25, 0.3) is 0 Å². The Bertz CT molecular complexity index is 429. The van der Waals surface area contributed by atoms with Crippen LogP contribution in [-0.4, -0.2) is 36.7 Å². The summed E-state index contributed by atoms with van der Waals surface area (Å²) in [6.07, 6.45) is 4.61. The van der Waals surface area contributed by atoms with E-state index in [1.54, 1.807) is 7.11 Å². The van der Waals surface area contributed by atoms with E-state index in [0.717, 1.165) is 18.6 Å². The maximum absolute atomic E-state index is 6.58. The topological polar surface area (TPSA) is 38.5 Å². The number of nitrogens with two attached hydrogens (primary N) is 1. The Kier molecular flexibility index (Phi) is 5.06. The number of hydrogen-bond donors (Lipinski definition) is 1. The van der Waals surface area contributed by atoms with E-state index >= 15 is 0 Å². The molecule has 0 saturated carbocycles. The van der Waals surface area contributed by atoms with Gasteiger partial charge in [0.1, 0.15) is 5.75 Å². The number of benzene rings is 1. The van der Waals surface area contributed by atoms with Crippen molar-refractivity contribution in [3.05, 3.63) is 29.8 Å². The molecule has 3 nitrogen and oxygen atoms in total. The molecule has 1 aromatic carbocycles. The molecular formula is C17H28N2O.